The minimum Gasteiger partial charge on any atom is -0.351 e. The molecule has 0 unspecified atom stereocenters. The fourth-order valence-electron chi connectivity index (χ4n) is 3.43. The molecule has 0 saturated heterocycles. The highest BCUT2D eigenvalue weighted by molar-refractivity contribution is 7.99. The van der Waals surface area contributed by atoms with E-state index in [1.54, 1.807) is 24.3 Å². The molecule has 4 rings (SSSR count). The SMILES string of the molecule is O=C(CSc1cc(C(=O)Nc2ccccc2C(F)(F)F)c2ccccc2n1)NCc1ccccc1. The molecule has 3 aromatic carbocycles. The smallest absolute Gasteiger partial charge is 0.351 e. The van der Waals surface area contributed by atoms with Crippen molar-refractivity contribution in [2.75, 3.05) is 11.1 Å². The number of para-hydroxylation sites is 2. The van der Waals surface area contributed by atoms with E-state index in [0.29, 0.717) is 22.5 Å². The van der Waals surface area contributed by atoms with Gasteiger partial charge in [0.25, 0.3) is 5.91 Å². The first-order valence-corrected chi connectivity index (χ1v) is 11.6. The van der Waals surface area contributed by atoms with Crippen LogP contribution in [0.5, 0.6) is 0 Å². The molecule has 0 atom stereocenters. The van der Waals surface area contributed by atoms with Crippen molar-refractivity contribution in [3.8, 4) is 0 Å². The summed E-state index contributed by atoms with van der Waals surface area (Å²) in [6.07, 6.45) is -4.61. The molecule has 2 N–H and O–H groups in total. The molecule has 35 heavy (non-hydrogen) atoms. The van der Waals surface area contributed by atoms with Gasteiger partial charge in [-0.2, -0.15) is 13.2 Å². The van der Waals surface area contributed by atoms with Crippen molar-refractivity contribution in [3.05, 3.63) is 102 Å². The zero-order valence-corrected chi connectivity index (χ0v) is 19.1. The van der Waals surface area contributed by atoms with Gasteiger partial charge in [-0.1, -0.05) is 72.4 Å². The number of pyridine rings is 1. The molecule has 0 aliphatic rings. The van der Waals surface area contributed by atoms with Gasteiger partial charge in [-0.15, -0.1) is 0 Å². The molecule has 0 radical (unpaired) electrons. The van der Waals surface area contributed by atoms with E-state index in [2.05, 4.69) is 15.6 Å². The minimum atomic E-state index is -4.61. The Morgan fingerprint density at radius 3 is 2.34 bits per heavy atom. The summed E-state index contributed by atoms with van der Waals surface area (Å²) in [5.41, 5.74) is 0.362. The monoisotopic (exact) mass is 495 g/mol. The molecule has 0 aliphatic heterocycles. The molecule has 5 nitrogen and oxygen atoms in total. The van der Waals surface area contributed by atoms with Gasteiger partial charge in [0.05, 0.1) is 33.1 Å². The molecule has 1 aromatic heterocycles. The summed E-state index contributed by atoms with van der Waals surface area (Å²) < 4.78 is 40.1. The lowest BCUT2D eigenvalue weighted by atomic mass is 10.1. The number of aromatic nitrogens is 1. The van der Waals surface area contributed by atoms with E-state index >= 15 is 0 Å². The molecule has 178 valence electrons. The summed E-state index contributed by atoms with van der Waals surface area (Å²) in [5.74, 6) is -0.842. The number of anilines is 1. The van der Waals surface area contributed by atoms with Gasteiger partial charge in [0.15, 0.2) is 0 Å². The highest BCUT2D eigenvalue weighted by Gasteiger charge is 2.33. The van der Waals surface area contributed by atoms with Crippen LogP contribution in [-0.2, 0) is 17.5 Å². The van der Waals surface area contributed by atoms with Crippen LogP contribution in [0.25, 0.3) is 10.9 Å². The molecule has 2 amide bonds. The van der Waals surface area contributed by atoms with Crippen LogP contribution < -0.4 is 10.6 Å². The first kappa shape index (κ1) is 24.3. The van der Waals surface area contributed by atoms with Crippen LogP contribution in [0.1, 0.15) is 21.5 Å². The second-order valence-corrected chi connectivity index (χ2v) is 8.57. The quantitative estimate of drug-likeness (QED) is 0.313. The van der Waals surface area contributed by atoms with Crippen LogP contribution in [0.2, 0.25) is 0 Å². The third-order valence-corrected chi connectivity index (χ3v) is 6.01. The second-order valence-electron chi connectivity index (χ2n) is 7.57. The Hall–Kier alpha value is -3.85. The Morgan fingerprint density at radius 2 is 1.57 bits per heavy atom. The average Bonchev–Trinajstić information content (AvgIpc) is 2.86. The van der Waals surface area contributed by atoms with Crippen LogP contribution in [0.4, 0.5) is 18.9 Å². The molecule has 4 aromatic rings. The summed E-state index contributed by atoms with van der Waals surface area (Å²) in [6, 6.07) is 22.6. The highest BCUT2D eigenvalue weighted by Crippen LogP contribution is 2.35. The number of carbonyl (C=O) groups is 2. The van der Waals surface area contributed by atoms with Gasteiger partial charge in [0, 0.05) is 11.9 Å². The molecule has 9 heteroatoms. The van der Waals surface area contributed by atoms with Crippen LogP contribution in [0.3, 0.4) is 0 Å². The summed E-state index contributed by atoms with van der Waals surface area (Å²) in [6.45, 7) is 0.387. The summed E-state index contributed by atoms with van der Waals surface area (Å²) in [4.78, 5) is 29.9. The fourth-order valence-corrected chi connectivity index (χ4v) is 4.17. The molecule has 0 aliphatic carbocycles. The second kappa shape index (κ2) is 10.6. The van der Waals surface area contributed by atoms with E-state index in [1.165, 1.54) is 24.3 Å². The van der Waals surface area contributed by atoms with Crippen molar-refractivity contribution in [2.45, 2.75) is 17.7 Å². The van der Waals surface area contributed by atoms with Crippen LogP contribution in [0.15, 0.2) is 90.0 Å². The first-order chi connectivity index (χ1) is 16.8. The number of nitrogens with one attached hydrogen (secondary N) is 2. The van der Waals surface area contributed by atoms with Crippen LogP contribution >= 0.6 is 11.8 Å². The van der Waals surface area contributed by atoms with E-state index in [-0.39, 0.29) is 22.9 Å². The zero-order chi connectivity index (χ0) is 24.8. The van der Waals surface area contributed by atoms with Crippen LogP contribution in [0, 0.1) is 0 Å². The number of carbonyl (C=O) groups excluding carboxylic acids is 2. The number of benzene rings is 3. The predicted octanol–water partition coefficient (Wildman–Crippen LogP) is 5.91. The van der Waals surface area contributed by atoms with Gasteiger partial charge in [-0.05, 0) is 29.8 Å². The minimum absolute atomic E-state index is 0.0656. The third kappa shape index (κ3) is 6.19. The summed E-state index contributed by atoms with van der Waals surface area (Å²) in [7, 11) is 0. The number of halogens is 3. The molecule has 0 saturated carbocycles. The van der Waals surface area contributed by atoms with Gasteiger partial charge in [0.2, 0.25) is 5.91 Å². The maximum Gasteiger partial charge on any atom is 0.418 e. The van der Waals surface area contributed by atoms with Gasteiger partial charge < -0.3 is 10.6 Å². The fraction of sp³-hybridized carbons (Fsp3) is 0.115. The number of hydrogen-bond donors (Lipinski definition) is 2. The zero-order valence-electron chi connectivity index (χ0n) is 18.3. The van der Waals surface area contributed by atoms with Crippen molar-refractivity contribution in [1.29, 1.82) is 0 Å². The maximum absolute atomic E-state index is 13.4. The molecule has 0 spiro atoms. The van der Waals surface area contributed by atoms with Crippen molar-refractivity contribution in [3.63, 3.8) is 0 Å². The van der Waals surface area contributed by atoms with Crippen molar-refractivity contribution in [1.82, 2.24) is 10.3 Å². The molecular weight excluding hydrogens is 475 g/mol. The van der Waals surface area contributed by atoms with E-state index in [1.807, 2.05) is 30.3 Å². The highest BCUT2D eigenvalue weighted by atomic mass is 32.2. The number of amides is 2. The number of nitrogens with zero attached hydrogens (tertiary/aromatic N) is 1. The van der Waals surface area contributed by atoms with Gasteiger partial charge in [-0.3, -0.25) is 9.59 Å². The maximum atomic E-state index is 13.4. The summed E-state index contributed by atoms with van der Waals surface area (Å²) in [5, 5.41) is 6.11. The van der Waals surface area contributed by atoms with Gasteiger partial charge in [-0.25, -0.2) is 4.98 Å². The lowest BCUT2D eigenvalue weighted by Gasteiger charge is -2.15. The average molecular weight is 496 g/mol. The predicted molar refractivity (Wildman–Crippen MR) is 130 cm³/mol. The number of rotatable bonds is 7. The number of thioether (sulfide) groups is 1. The number of alkyl halides is 3. The molecule has 1 heterocycles. The van der Waals surface area contributed by atoms with Gasteiger partial charge >= 0.3 is 6.18 Å². The Balaban J connectivity index is 1.53. The lowest BCUT2D eigenvalue weighted by Crippen LogP contribution is -2.24. The molecule has 0 bridgehead atoms. The molecular formula is C26H20F3N3O2S. The number of hydrogen-bond acceptors (Lipinski definition) is 4. The Bertz CT molecular complexity index is 1360. The Labute approximate surface area is 203 Å². The van der Waals surface area contributed by atoms with E-state index in [0.717, 1.165) is 23.4 Å². The molecule has 0 fully saturated rings. The van der Waals surface area contributed by atoms with Gasteiger partial charge in [0.1, 0.15) is 0 Å². The van der Waals surface area contributed by atoms with E-state index in [9.17, 15) is 22.8 Å². The van der Waals surface area contributed by atoms with E-state index < -0.39 is 17.6 Å². The van der Waals surface area contributed by atoms with Crippen molar-refractivity contribution >= 4 is 40.2 Å². The van der Waals surface area contributed by atoms with Crippen LogP contribution in [-0.4, -0.2) is 22.6 Å². The topological polar surface area (TPSA) is 71.1 Å². The number of fused-ring (bicyclic) bond motifs is 1. The normalized spacial score (nSPS) is 11.3. The van der Waals surface area contributed by atoms with Crippen molar-refractivity contribution in [2.24, 2.45) is 0 Å². The summed E-state index contributed by atoms with van der Waals surface area (Å²) >= 11 is 1.14. The Morgan fingerprint density at radius 1 is 0.886 bits per heavy atom. The Kier molecular flexibility index (Phi) is 7.36. The standard InChI is InChI=1S/C26H20F3N3O2S/c27-26(28,29)20-11-5-7-13-22(20)32-25(34)19-14-24(31-21-12-6-4-10-18(19)21)35-16-23(33)30-15-17-8-2-1-3-9-17/h1-14H,15-16H2,(H,30,33)(H,32,34). The van der Waals surface area contributed by atoms with Crippen molar-refractivity contribution < 1.29 is 22.8 Å². The largest absolute Gasteiger partial charge is 0.418 e. The lowest BCUT2D eigenvalue weighted by molar-refractivity contribution is -0.136. The third-order valence-electron chi connectivity index (χ3n) is 5.10. The first-order valence-electron chi connectivity index (χ1n) is 10.6. The van der Waals surface area contributed by atoms with E-state index in [4.69, 9.17) is 0 Å².